The third-order valence-corrected chi connectivity index (χ3v) is 9.61. The van der Waals surface area contributed by atoms with Crippen LogP contribution in [-0.2, 0) is 20.9 Å². The predicted molar refractivity (Wildman–Crippen MR) is 177 cm³/mol. The van der Waals surface area contributed by atoms with Crippen LogP contribution in [0.25, 0.3) is 0 Å². The van der Waals surface area contributed by atoms with E-state index in [0.29, 0.717) is 31.2 Å². The minimum absolute atomic E-state index is 0.178. The number of nitrogens with zero attached hydrogens (tertiary/aromatic N) is 2. The van der Waals surface area contributed by atoms with E-state index in [9.17, 15) is 38.7 Å². The maximum absolute atomic E-state index is 12.8. The molecule has 1 aromatic carbocycles. The predicted octanol–water partition coefficient (Wildman–Crippen LogP) is 6.96. The first-order valence-corrected chi connectivity index (χ1v) is 17.8. The number of aryl methyl sites for hydroxylation is 1. The summed E-state index contributed by atoms with van der Waals surface area (Å²) in [5.41, 5.74) is -1.84. The van der Waals surface area contributed by atoms with Crippen molar-refractivity contribution in [1.29, 1.82) is 0 Å². The van der Waals surface area contributed by atoms with Crippen molar-refractivity contribution in [3.63, 3.8) is 0 Å². The van der Waals surface area contributed by atoms with Crippen molar-refractivity contribution >= 4 is 34.6 Å². The van der Waals surface area contributed by atoms with Gasteiger partial charge in [-0.15, -0.1) is 0 Å². The molecule has 0 aliphatic carbocycles. The third kappa shape index (κ3) is 15.3. The molecule has 0 heterocycles. The lowest BCUT2D eigenvalue weighted by Gasteiger charge is -2.48. The highest BCUT2D eigenvalue weighted by atomic mass is 32.2. The number of carbonyl (C=O) groups is 2. The minimum Gasteiger partial charge on any atom is -0.755 e. The van der Waals surface area contributed by atoms with E-state index in [1.165, 1.54) is 19.1 Å². The van der Waals surface area contributed by atoms with Crippen LogP contribution in [0.2, 0.25) is 0 Å². The van der Waals surface area contributed by atoms with Crippen LogP contribution >= 0.6 is 0 Å². The summed E-state index contributed by atoms with van der Waals surface area (Å²) in [6, 6.07) is 4.18. The molecular weight excluding hydrogens is 616 g/mol. The number of nitro benzene ring substituents is 1. The number of nitro groups is 1. The third-order valence-electron chi connectivity index (χ3n) is 8.72. The summed E-state index contributed by atoms with van der Waals surface area (Å²) in [6.45, 7) is 3.11. The number of hydrogen-bond donors (Lipinski definition) is 4. The lowest BCUT2D eigenvalue weighted by atomic mass is 9.82. The van der Waals surface area contributed by atoms with E-state index in [1.54, 1.807) is 13.0 Å². The molecule has 0 amide bonds. The average molecular weight is 672 g/mol. The number of hydrogen-bond acceptors (Lipinski definition) is 8. The molecule has 1 aromatic rings. The molecule has 1 rings (SSSR count). The van der Waals surface area contributed by atoms with Crippen molar-refractivity contribution in [2.75, 3.05) is 4.31 Å². The first kappa shape index (κ1) is 41.4. The van der Waals surface area contributed by atoms with Crippen LogP contribution in [0.3, 0.4) is 0 Å². The Morgan fingerprint density at radius 3 is 1.50 bits per heavy atom. The largest absolute Gasteiger partial charge is 0.755 e. The Bertz CT molecular complexity index is 1050. The van der Waals surface area contributed by atoms with Gasteiger partial charge in [0.25, 0.3) is 5.69 Å². The number of aliphatic hydroxyl groups is 2. The number of unbranched alkanes of at least 4 members (excludes halogenated alkanes) is 14. The van der Waals surface area contributed by atoms with Crippen molar-refractivity contribution < 1.29 is 43.7 Å². The van der Waals surface area contributed by atoms with Crippen LogP contribution in [0.4, 0.5) is 11.4 Å². The van der Waals surface area contributed by atoms with Crippen molar-refractivity contribution in [3.8, 4) is 0 Å². The summed E-state index contributed by atoms with van der Waals surface area (Å²) in [7, 11) is 0. The molecule has 3 atom stereocenters. The summed E-state index contributed by atoms with van der Waals surface area (Å²) in [4.78, 5) is 32.5. The molecule has 0 aromatic heterocycles. The molecule has 12 nitrogen and oxygen atoms in total. The molecule has 264 valence electrons. The second-order valence-electron chi connectivity index (χ2n) is 12.5. The number of benzene rings is 1. The first-order valence-electron chi connectivity index (χ1n) is 16.8. The lowest BCUT2D eigenvalue weighted by Crippen LogP contribution is -2.62. The fraction of sp³-hybridized carbons (Fsp3) is 0.758. The Morgan fingerprint density at radius 1 is 0.783 bits per heavy atom. The maximum Gasteiger partial charge on any atom is 0.303 e. The van der Waals surface area contributed by atoms with Crippen molar-refractivity contribution in [2.45, 2.75) is 160 Å². The fourth-order valence-electron chi connectivity index (χ4n) is 5.88. The standard InChI is InChI=1S/C33H56N2O10S/c1-26-23-24-27(28(25-26)35(42)43)34(46(44)45)33(2,29(36)19-15-11-7-3-5-9-13-17-21-31(38)39)30(37)20-16-12-8-4-6-10-14-18-22-32(40)41/h23-25,29-30,36-37H,3-22H2,1-2H3,(H,38,39)(H,40,41)(H,44,45)/p-1. The quantitative estimate of drug-likeness (QED) is 0.0312. The smallest absolute Gasteiger partial charge is 0.303 e. The lowest BCUT2D eigenvalue weighted by molar-refractivity contribution is -0.384. The van der Waals surface area contributed by atoms with Crippen LogP contribution in [0, 0.1) is 17.0 Å². The van der Waals surface area contributed by atoms with Crippen LogP contribution in [0.1, 0.15) is 141 Å². The van der Waals surface area contributed by atoms with Crippen molar-refractivity contribution in [3.05, 3.63) is 33.9 Å². The van der Waals surface area contributed by atoms with Gasteiger partial charge in [-0.1, -0.05) is 96.0 Å². The Kier molecular flexibility index (Phi) is 20.6. The van der Waals surface area contributed by atoms with E-state index in [4.69, 9.17) is 10.2 Å². The second-order valence-corrected chi connectivity index (χ2v) is 13.3. The molecule has 13 heteroatoms. The Labute approximate surface area is 276 Å². The number of carboxylic acid groups (broad SMARTS) is 2. The van der Waals surface area contributed by atoms with Crippen LogP contribution < -0.4 is 4.31 Å². The molecule has 0 aliphatic heterocycles. The van der Waals surface area contributed by atoms with E-state index in [0.717, 1.165) is 81.4 Å². The topological polar surface area (TPSA) is 202 Å². The zero-order chi connectivity index (χ0) is 34.5. The van der Waals surface area contributed by atoms with E-state index in [2.05, 4.69) is 0 Å². The summed E-state index contributed by atoms with van der Waals surface area (Å²) >= 11 is -3.05. The first-order chi connectivity index (χ1) is 21.8. The van der Waals surface area contributed by atoms with Crippen molar-refractivity contribution in [1.82, 2.24) is 0 Å². The molecular formula is C33H55N2O10S-. The number of rotatable bonds is 28. The van der Waals surface area contributed by atoms with E-state index >= 15 is 0 Å². The van der Waals surface area contributed by atoms with Gasteiger partial charge in [0.2, 0.25) is 0 Å². The van der Waals surface area contributed by atoms with Gasteiger partial charge >= 0.3 is 11.9 Å². The second kappa shape index (κ2) is 22.8. The molecule has 46 heavy (non-hydrogen) atoms. The van der Waals surface area contributed by atoms with Gasteiger partial charge in [-0.25, -0.2) is 0 Å². The van der Waals surface area contributed by atoms with Gasteiger partial charge in [-0.05, 0) is 51.2 Å². The Morgan fingerprint density at radius 2 is 1.15 bits per heavy atom. The highest BCUT2D eigenvalue weighted by molar-refractivity contribution is 7.80. The van der Waals surface area contributed by atoms with Gasteiger partial charge in [-0.2, -0.15) is 0 Å². The number of aliphatic carboxylic acids is 2. The fourth-order valence-corrected chi connectivity index (χ4v) is 6.76. The van der Waals surface area contributed by atoms with Crippen LogP contribution in [0.15, 0.2) is 18.2 Å². The molecule has 0 saturated heterocycles. The van der Waals surface area contributed by atoms with E-state index in [-0.39, 0.29) is 31.4 Å². The number of carboxylic acids is 2. The zero-order valence-corrected chi connectivity index (χ0v) is 28.4. The minimum atomic E-state index is -3.05. The molecule has 0 spiro atoms. The van der Waals surface area contributed by atoms with Gasteiger partial charge < -0.3 is 25.0 Å². The number of aliphatic hydroxyl groups excluding tert-OH is 2. The van der Waals surface area contributed by atoms with E-state index in [1.807, 2.05) is 0 Å². The molecule has 0 radical (unpaired) electrons. The van der Waals surface area contributed by atoms with Gasteiger partial charge in [-0.3, -0.25) is 28.2 Å². The molecule has 0 saturated carbocycles. The van der Waals surface area contributed by atoms with Gasteiger partial charge in [0.15, 0.2) is 0 Å². The van der Waals surface area contributed by atoms with Crippen LogP contribution in [-0.4, -0.2) is 63.8 Å². The average Bonchev–Trinajstić information content (AvgIpc) is 2.98. The monoisotopic (exact) mass is 671 g/mol. The molecule has 0 aliphatic rings. The molecule has 0 bridgehead atoms. The van der Waals surface area contributed by atoms with Gasteiger partial charge in [0.1, 0.15) is 11.2 Å². The maximum atomic E-state index is 12.8. The molecule has 0 fully saturated rings. The zero-order valence-electron chi connectivity index (χ0n) is 27.6. The van der Waals surface area contributed by atoms with Gasteiger partial charge in [0, 0.05) is 30.2 Å². The van der Waals surface area contributed by atoms with Gasteiger partial charge in [0.05, 0.1) is 17.1 Å². The summed E-state index contributed by atoms with van der Waals surface area (Å²) in [6.07, 6.45) is 11.4. The highest BCUT2D eigenvalue weighted by Gasteiger charge is 2.47. The van der Waals surface area contributed by atoms with Crippen LogP contribution in [0.5, 0.6) is 0 Å². The normalized spacial score (nSPS) is 14.7. The van der Waals surface area contributed by atoms with Crippen molar-refractivity contribution in [2.24, 2.45) is 0 Å². The number of anilines is 1. The molecule has 4 N–H and O–H groups in total. The SMILES string of the molecule is Cc1ccc(N(S(=O)[O-])C(C)(C(O)CCCCCCCCCCC(=O)O)C(O)CCCCCCCCCCC(=O)O)c([N+](=O)[O-])c1. The Balaban J connectivity index is 2.89. The summed E-state index contributed by atoms with van der Waals surface area (Å²) < 4.78 is 26.3. The summed E-state index contributed by atoms with van der Waals surface area (Å²) in [5, 5.41) is 52.4. The highest BCUT2D eigenvalue weighted by Crippen LogP contribution is 2.40. The van der Waals surface area contributed by atoms with E-state index < -0.39 is 51.6 Å². The summed E-state index contributed by atoms with van der Waals surface area (Å²) in [5.74, 6) is -1.57. The molecule has 3 unspecified atom stereocenters. The Hall–Kier alpha value is -2.61.